The molecule has 0 aliphatic rings. The van der Waals surface area contributed by atoms with Crippen LogP contribution in [0, 0.1) is 11.2 Å². The van der Waals surface area contributed by atoms with Gasteiger partial charge in [0.15, 0.2) is 5.82 Å². The van der Waals surface area contributed by atoms with Gasteiger partial charge in [-0.05, 0) is 30.3 Å². The molecule has 0 spiro atoms. The van der Waals surface area contributed by atoms with Crippen LogP contribution in [-0.2, 0) is 4.79 Å². The molecule has 1 aromatic carbocycles. The Morgan fingerprint density at radius 1 is 1.05 bits per heavy atom. The quantitative estimate of drug-likeness (QED) is 0.278. The van der Waals surface area contributed by atoms with E-state index in [9.17, 15) is 4.79 Å². The van der Waals surface area contributed by atoms with Gasteiger partial charge in [-0.25, -0.2) is 9.37 Å². The van der Waals surface area contributed by atoms with Crippen molar-refractivity contribution in [1.82, 2.24) is 30.1 Å². The van der Waals surface area contributed by atoms with Crippen LogP contribution in [-0.4, -0.2) is 36.0 Å². The number of rotatable bonds is 4. The summed E-state index contributed by atoms with van der Waals surface area (Å²) in [6.45, 7) is 5.46. The van der Waals surface area contributed by atoms with Gasteiger partial charge in [0.25, 0.3) is 0 Å². The molecule has 37 heavy (non-hydrogen) atoms. The minimum Gasteiger partial charge on any atom is -0.472 e. The lowest BCUT2D eigenvalue weighted by atomic mass is 9.95. The number of furan rings is 1. The Morgan fingerprint density at radius 2 is 1.92 bits per heavy atom. The third kappa shape index (κ3) is 3.92. The summed E-state index contributed by atoms with van der Waals surface area (Å²) in [5, 5.41) is 10.4. The molecule has 0 fully saturated rings. The molecule has 0 saturated heterocycles. The number of aromatic amines is 2. The lowest BCUT2D eigenvalue weighted by molar-refractivity contribution is -0.123. The molecular formula is C27H22FN7O2. The van der Waals surface area contributed by atoms with E-state index in [2.05, 4.69) is 30.5 Å². The molecule has 5 heterocycles. The monoisotopic (exact) mass is 495 g/mol. The molecule has 0 saturated carbocycles. The highest BCUT2D eigenvalue weighted by atomic mass is 19.1. The molecule has 6 aromatic rings. The van der Waals surface area contributed by atoms with Gasteiger partial charge in [0.05, 0.1) is 40.8 Å². The lowest BCUT2D eigenvalue weighted by Crippen LogP contribution is -2.27. The van der Waals surface area contributed by atoms with Gasteiger partial charge in [0.1, 0.15) is 22.7 Å². The van der Waals surface area contributed by atoms with Gasteiger partial charge in [-0.3, -0.25) is 19.9 Å². The zero-order valence-electron chi connectivity index (χ0n) is 20.3. The van der Waals surface area contributed by atoms with Crippen molar-refractivity contribution in [3.63, 3.8) is 0 Å². The van der Waals surface area contributed by atoms with Crippen LogP contribution in [0.1, 0.15) is 20.8 Å². The third-order valence-corrected chi connectivity index (χ3v) is 6.08. The molecule has 5 aromatic heterocycles. The molecule has 0 unspecified atom stereocenters. The first-order chi connectivity index (χ1) is 17.8. The Kier molecular flexibility index (Phi) is 5.11. The Labute approximate surface area is 210 Å². The van der Waals surface area contributed by atoms with E-state index < -0.39 is 11.2 Å². The fourth-order valence-corrected chi connectivity index (χ4v) is 4.10. The maximum absolute atomic E-state index is 16.0. The number of anilines is 1. The number of benzene rings is 1. The number of carbonyl (C=O) groups is 1. The van der Waals surface area contributed by atoms with Crippen LogP contribution < -0.4 is 5.32 Å². The predicted molar refractivity (Wildman–Crippen MR) is 138 cm³/mol. The summed E-state index contributed by atoms with van der Waals surface area (Å²) in [4.78, 5) is 29.0. The molecule has 6 rings (SSSR count). The van der Waals surface area contributed by atoms with Gasteiger partial charge in [-0.2, -0.15) is 5.10 Å². The van der Waals surface area contributed by atoms with Gasteiger partial charge in [0, 0.05) is 34.5 Å². The average Bonchev–Trinajstić information content (AvgIpc) is 3.63. The molecule has 0 aliphatic heterocycles. The number of fused-ring (bicyclic) bond motifs is 2. The number of halogens is 1. The summed E-state index contributed by atoms with van der Waals surface area (Å²) in [5.74, 6) is -0.232. The van der Waals surface area contributed by atoms with Gasteiger partial charge >= 0.3 is 0 Å². The molecule has 184 valence electrons. The second-order valence-electron chi connectivity index (χ2n) is 9.74. The van der Waals surface area contributed by atoms with Crippen LogP contribution in [0.2, 0.25) is 0 Å². The van der Waals surface area contributed by atoms with Crippen LogP contribution in [0.15, 0.2) is 65.9 Å². The minimum absolute atomic E-state index is 0.159. The summed E-state index contributed by atoms with van der Waals surface area (Å²) in [7, 11) is 0. The van der Waals surface area contributed by atoms with Gasteiger partial charge in [-0.15, -0.1) is 0 Å². The SMILES string of the molecule is CC(C)(C)C(=O)Nc1cncc(-c2ccc3[nH]nc(-c4nc5c(-c6ccoc6)nccc5[nH]4)c3c2F)c1. The molecule has 9 nitrogen and oxygen atoms in total. The highest BCUT2D eigenvalue weighted by Crippen LogP contribution is 2.35. The second-order valence-corrected chi connectivity index (χ2v) is 9.74. The number of hydrogen-bond acceptors (Lipinski definition) is 6. The molecule has 10 heteroatoms. The molecule has 1 amide bonds. The number of carbonyl (C=O) groups excluding carboxylic acids is 1. The van der Waals surface area contributed by atoms with Crippen LogP contribution in [0.4, 0.5) is 10.1 Å². The number of aromatic nitrogens is 6. The first-order valence-electron chi connectivity index (χ1n) is 11.6. The maximum Gasteiger partial charge on any atom is 0.229 e. The van der Waals surface area contributed by atoms with Crippen molar-refractivity contribution < 1.29 is 13.6 Å². The fraction of sp³-hybridized carbons (Fsp3) is 0.148. The zero-order chi connectivity index (χ0) is 25.7. The number of nitrogens with zero attached hydrogens (tertiary/aromatic N) is 4. The van der Waals surface area contributed by atoms with Crippen molar-refractivity contribution in [2.75, 3.05) is 5.32 Å². The van der Waals surface area contributed by atoms with E-state index in [4.69, 9.17) is 9.40 Å². The number of H-pyrrole nitrogens is 2. The Balaban J connectivity index is 1.44. The third-order valence-electron chi connectivity index (χ3n) is 6.08. The predicted octanol–water partition coefficient (Wildman–Crippen LogP) is 5.95. The summed E-state index contributed by atoms with van der Waals surface area (Å²) >= 11 is 0. The highest BCUT2D eigenvalue weighted by molar-refractivity contribution is 5.98. The van der Waals surface area contributed by atoms with Crippen molar-refractivity contribution in [3.8, 4) is 33.9 Å². The number of amides is 1. The van der Waals surface area contributed by atoms with Gasteiger partial charge in [0.2, 0.25) is 5.91 Å². The number of imidazole rings is 1. The first-order valence-corrected chi connectivity index (χ1v) is 11.6. The van der Waals surface area contributed by atoms with Crippen molar-refractivity contribution in [3.05, 3.63) is 67.3 Å². The molecule has 0 aliphatic carbocycles. The lowest BCUT2D eigenvalue weighted by Gasteiger charge is -2.17. The molecule has 0 atom stereocenters. The highest BCUT2D eigenvalue weighted by Gasteiger charge is 2.23. The normalized spacial score (nSPS) is 11.9. The van der Waals surface area contributed by atoms with Gasteiger partial charge < -0.3 is 14.7 Å². The van der Waals surface area contributed by atoms with E-state index >= 15 is 4.39 Å². The van der Waals surface area contributed by atoms with Crippen LogP contribution in [0.3, 0.4) is 0 Å². The summed E-state index contributed by atoms with van der Waals surface area (Å²) in [6.07, 6.45) is 7.93. The average molecular weight is 496 g/mol. The van der Waals surface area contributed by atoms with Crippen LogP contribution >= 0.6 is 0 Å². The zero-order valence-corrected chi connectivity index (χ0v) is 20.3. The summed E-state index contributed by atoms with van der Waals surface area (Å²) < 4.78 is 21.2. The Hall–Kier alpha value is -4.86. The van der Waals surface area contributed by atoms with E-state index in [-0.39, 0.29) is 5.91 Å². The van der Waals surface area contributed by atoms with E-state index in [0.29, 0.717) is 50.4 Å². The number of hydrogen-bond donors (Lipinski definition) is 3. The summed E-state index contributed by atoms with van der Waals surface area (Å²) in [5.41, 5.74) is 4.42. The maximum atomic E-state index is 16.0. The van der Waals surface area contributed by atoms with E-state index in [1.165, 1.54) is 6.20 Å². The van der Waals surface area contributed by atoms with Crippen molar-refractivity contribution in [2.45, 2.75) is 20.8 Å². The molecule has 0 bridgehead atoms. The smallest absolute Gasteiger partial charge is 0.229 e. The standard InChI is InChI=1S/C27H22FN7O2/c1-27(2,3)26(36)31-16-10-15(11-29-12-16)17-4-5-18-20(21(17)28)24(35-34-18)25-32-19-6-8-30-22(23(19)33-25)14-7-9-37-13-14/h4-13H,1-3H3,(H,31,36)(H,32,33)(H,34,35). The van der Waals surface area contributed by atoms with E-state index in [1.807, 2.05) is 20.8 Å². The van der Waals surface area contributed by atoms with Crippen molar-refractivity contribution >= 4 is 33.5 Å². The minimum atomic E-state index is -0.578. The number of nitrogens with one attached hydrogen (secondary N) is 3. The Morgan fingerprint density at radius 3 is 2.70 bits per heavy atom. The second kappa shape index (κ2) is 8.37. The fourth-order valence-electron chi connectivity index (χ4n) is 4.10. The molecule has 0 radical (unpaired) electrons. The molecular weight excluding hydrogens is 473 g/mol. The Bertz CT molecular complexity index is 1780. The largest absolute Gasteiger partial charge is 0.472 e. The summed E-state index contributed by atoms with van der Waals surface area (Å²) in [6, 6.07) is 8.72. The van der Waals surface area contributed by atoms with Crippen LogP contribution in [0.25, 0.3) is 55.8 Å². The first kappa shape index (κ1) is 22.6. The molecule has 3 N–H and O–H groups in total. The van der Waals surface area contributed by atoms with E-state index in [1.54, 1.807) is 55.3 Å². The van der Waals surface area contributed by atoms with Crippen molar-refractivity contribution in [2.24, 2.45) is 5.41 Å². The van der Waals surface area contributed by atoms with Crippen LogP contribution in [0.5, 0.6) is 0 Å². The van der Waals surface area contributed by atoms with Gasteiger partial charge in [-0.1, -0.05) is 20.8 Å². The topological polar surface area (TPSA) is 125 Å². The van der Waals surface area contributed by atoms with Crippen molar-refractivity contribution in [1.29, 1.82) is 0 Å². The van der Waals surface area contributed by atoms with E-state index in [0.717, 1.165) is 11.1 Å². The number of pyridine rings is 2.